The number of hydrogen-bond acceptors (Lipinski definition) is 0. The monoisotopic (exact) mass is 145 g/mol. The van der Waals surface area contributed by atoms with Gasteiger partial charge in [-0.05, 0) is 0 Å². The first kappa shape index (κ1) is 5.30. The van der Waals surface area contributed by atoms with E-state index in [2.05, 4.69) is 0 Å². The Hall–Kier alpha value is 0.300. The van der Waals surface area contributed by atoms with Crippen molar-refractivity contribution in [2.24, 2.45) is 0 Å². The van der Waals surface area contributed by atoms with Crippen LogP contribution in [0.1, 0.15) is 0 Å². The van der Waals surface area contributed by atoms with Crippen molar-refractivity contribution >= 4 is 15.9 Å². The minimum Gasteiger partial charge on any atom is -0.162 e. The van der Waals surface area contributed by atoms with Gasteiger partial charge in [0.25, 0.3) is 0 Å². The summed E-state index contributed by atoms with van der Waals surface area (Å²) in [5.41, 5.74) is 0. The molecule has 0 spiro atoms. The molecule has 0 heterocycles. The maximum absolute atomic E-state index is 10.4. The van der Waals surface area contributed by atoms with E-state index in [1.165, 1.54) is 15.9 Å². The van der Waals surface area contributed by atoms with E-state index in [1.54, 1.807) is 0 Å². The summed E-state index contributed by atoms with van der Waals surface area (Å²) in [6.45, 7) is 0. The predicted octanol–water partition coefficient (Wildman–Crippen LogP) is 1.36. The average Bonchev–Trinajstić information content (AvgIpc) is 0.722. The first-order chi connectivity index (χ1) is 2.00. The molecular formula is CBrF2O. The Labute approximate surface area is 35.7 Å². The summed E-state index contributed by atoms with van der Waals surface area (Å²) in [6.07, 6.45) is 0. The van der Waals surface area contributed by atoms with Crippen molar-refractivity contribution in [1.29, 1.82) is 0 Å². The van der Waals surface area contributed by atoms with Crippen LogP contribution in [0, 0.1) is 0 Å². The number of halogens is 3. The van der Waals surface area contributed by atoms with Crippen molar-refractivity contribution in [2.45, 2.75) is 5.02 Å². The molecule has 0 aromatic rings. The maximum atomic E-state index is 10.4. The molecule has 0 bridgehead atoms. The third kappa shape index (κ3) is 253. The van der Waals surface area contributed by atoms with E-state index in [4.69, 9.17) is 5.11 Å². The normalized spacial score (nSPS) is 12.0. The Bertz CT molecular complexity index is 25.1. The van der Waals surface area contributed by atoms with E-state index in [-0.39, 0.29) is 0 Å². The summed E-state index contributed by atoms with van der Waals surface area (Å²) < 4.78 is 20.8. The lowest BCUT2D eigenvalue weighted by molar-refractivity contribution is -0.152. The Morgan fingerprint density at radius 2 is 1.60 bits per heavy atom. The Morgan fingerprint density at radius 3 is 1.60 bits per heavy atom. The maximum Gasteiger partial charge on any atom is 0.440 e. The minimum atomic E-state index is -3.94. The van der Waals surface area contributed by atoms with Gasteiger partial charge in [0.2, 0.25) is 0 Å². The van der Waals surface area contributed by atoms with Gasteiger partial charge in [0.1, 0.15) is 0 Å². The van der Waals surface area contributed by atoms with Gasteiger partial charge in [-0.15, -0.1) is 5.11 Å². The predicted molar refractivity (Wildman–Crippen MR) is 14.6 cm³/mol. The molecule has 1 radical (unpaired) electrons. The van der Waals surface area contributed by atoms with Gasteiger partial charge in [0.05, 0.1) is 0 Å². The van der Waals surface area contributed by atoms with E-state index >= 15 is 0 Å². The lowest BCUT2D eigenvalue weighted by Crippen LogP contribution is -1.95. The molecule has 0 fully saturated rings. The lowest BCUT2D eigenvalue weighted by atomic mass is 11.5. The zero-order valence-electron chi connectivity index (χ0n) is 2.04. The highest BCUT2D eigenvalue weighted by Crippen LogP contribution is 2.16. The standard InChI is InChI=1S/CBrF2O/c2-1(3,4)5. The molecule has 0 rings (SSSR count). The minimum absolute atomic E-state index is 1.49. The van der Waals surface area contributed by atoms with E-state index < -0.39 is 5.02 Å². The van der Waals surface area contributed by atoms with Gasteiger partial charge in [-0.1, -0.05) is 0 Å². The van der Waals surface area contributed by atoms with E-state index in [1.807, 2.05) is 0 Å². The highest BCUT2D eigenvalue weighted by molar-refractivity contribution is 9.09. The molecule has 0 unspecified atom stereocenters. The second-order valence-corrected chi connectivity index (χ2v) is 1.37. The van der Waals surface area contributed by atoms with Crippen LogP contribution in [0.25, 0.3) is 0 Å². The molecule has 4 heteroatoms. The van der Waals surface area contributed by atoms with Crippen molar-refractivity contribution in [3.8, 4) is 0 Å². The molecule has 0 atom stereocenters. The van der Waals surface area contributed by atoms with E-state index in [9.17, 15) is 8.78 Å². The largest absolute Gasteiger partial charge is 0.440 e. The van der Waals surface area contributed by atoms with Crippen LogP contribution in [0.15, 0.2) is 0 Å². The zero-order chi connectivity index (χ0) is 4.50. The molecule has 0 aromatic carbocycles. The summed E-state index contributed by atoms with van der Waals surface area (Å²) in [6, 6.07) is 0. The van der Waals surface area contributed by atoms with Crippen LogP contribution in [-0.2, 0) is 5.11 Å². The SMILES string of the molecule is [O]C(F)(F)Br. The molecule has 0 aliphatic rings. The van der Waals surface area contributed by atoms with Crippen LogP contribution in [-0.4, -0.2) is 5.02 Å². The van der Waals surface area contributed by atoms with Gasteiger partial charge in [0.15, 0.2) is 0 Å². The van der Waals surface area contributed by atoms with Gasteiger partial charge in [-0.3, -0.25) is 0 Å². The van der Waals surface area contributed by atoms with Crippen molar-refractivity contribution in [3.05, 3.63) is 0 Å². The van der Waals surface area contributed by atoms with Crippen molar-refractivity contribution in [2.75, 3.05) is 0 Å². The van der Waals surface area contributed by atoms with E-state index in [0.717, 1.165) is 0 Å². The molecular weight excluding hydrogens is 146 g/mol. The summed E-state index contributed by atoms with van der Waals surface area (Å²) in [5, 5.41) is 4.75. The van der Waals surface area contributed by atoms with Gasteiger partial charge < -0.3 is 0 Å². The summed E-state index contributed by atoms with van der Waals surface area (Å²) in [5.74, 6) is 0. The molecule has 0 aliphatic heterocycles. The fraction of sp³-hybridized carbons (Fsp3) is 1.00. The Kier molecular flexibility index (Phi) is 1.25. The van der Waals surface area contributed by atoms with Crippen LogP contribution >= 0.6 is 15.9 Å². The van der Waals surface area contributed by atoms with Gasteiger partial charge in [-0.2, -0.15) is 8.78 Å². The van der Waals surface area contributed by atoms with Crippen molar-refractivity contribution < 1.29 is 13.9 Å². The Morgan fingerprint density at radius 1 is 1.60 bits per heavy atom. The smallest absolute Gasteiger partial charge is 0.162 e. The highest BCUT2D eigenvalue weighted by Gasteiger charge is 2.19. The molecule has 0 amide bonds. The molecule has 5 heavy (non-hydrogen) atoms. The van der Waals surface area contributed by atoms with Crippen molar-refractivity contribution in [1.82, 2.24) is 0 Å². The zero-order valence-corrected chi connectivity index (χ0v) is 3.63. The molecule has 0 N–H and O–H groups in total. The van der Waals surface area contributed by atoms with Gasteiger partial charge in [0, 0.05) is 15.9 Å². The van der Waals surface area contributed by atoms with Gasteiger partial charge >= 0.3 is 5.02 Å². The van der Waals surface area contributed by atoms with Crippen LogP contribution < -0.4 is 0 Å². The number of alkyl halides is 3. The molecule has 0 aliphatic carbocycles. The van der Waals surface area contributed by atoms with Crippen LogP contribution in [0.3, 0.4) is 0 Å². The third-order valence-electron chi connectivity index (χ3n) is 0. The lowest BCUT2D eigenvalue weighted by Gasteiger charge is -1.85. The molecule has 31 valence electrons. The summed E-state index contributed by atoms with van der Waals surface area (Å²) in [4.78, 5) is 0. The highest BCUT2D eigenvalue weighted by atomic mass is 79.9. The third-order valence-corrected chi connectivity index (χ3v) is 0. The quantitative estimate of drug-likeness (QED) is 0.459. The fourth-order valence-corrected chi connectivity index (χ4v) is 0. The molecule has 0 saturated heterocycles. The molecule has 0 saturated carbocycles. The second kappa shape index (κ2) is 1.18. The van der Waals surface area contributed by atoms with Crippen molar-refractivity contribution in [3.63, 3.8) is 0 Å². The summed E-state index contributed by atoms with van der Waals surface area (Å²) in [7, 11) is 0. The van der Waals surface area contributed by atoms with Crippen LogP contribution in [0.5, 0.6) is 0 Å². The van der Waals surface area contributed by atoms with Crippen LogP contribution in [0.4, 0.5) is 8.78 Å². The first-order valence-corrected chi connectivity index (χ1v) is 1.56. The topological polar surface area (TPSA) is 19.9 Å². The van der Waals surface area contributed by atoms with Crippen LogP contribution in [0.2, 0.25) is 0 Å². The number of hydrogen-bond donors (Lipinski definition) is 0. The Balaban J connectivity index is 3.02. The molecule has 1 nitrogen and oxygen atoms in total. The molecule has 0 aromatic heterocycles. The first-order valence-electron chi connectivity index (χ1n) is 0.771. The second-order valence-electron chi connectivity index (χ2n) is 0.446. The summed E-state index contributed by atoms with van der Waals surface area (Å²) >= 11 is 1.49. The average molecular weight is 146 g/mol. The van der Waals surface area contributed by atoms with E-state index in [0.29, 0.717) is 0 Å². The number of rotatable bonds is 0. The van der Waals surface area contributed by atoms with Gasteiger partial charge in [-0.25, -0.2) is 0 Å². The fourth-order valence-electron chi connectivity index (χ4n) is 0.